The number of carbonyl (C=O) groups is 1. The van der Waals surface area contributed by atoms with E-state index in [9.17, 15) is 10.1 Å². The van der Waals surface area contributed by atoms with Gasteiger partial charge in [0.15, 0.2) is 5.82 Å². The molecule has 0 atom stereocenters. The van der Waals surface area contributed by atoms with Crippen LogP contribution in [0.2, 0.25) is 0 Å². The molecule has 5 rings (SSSR count). The van der Waals surface area contributed by atoms with E-state index in [4.69, 9.17) is 9.47 Å². The van der Waals surface area contributed by atoms with Gasteiger partial charge in [-0.05, 0) is 88.1 Å². The van der Waals surface area contributed by atoms with Gasteiger partial charge < -0.3 is 24.7 Å². The third-order valence-electron chi connectivity index (χ3n) is 6.61. The number of benzene rings is 2. The highest BCUT2D eigenvalue weighted by atomic mass is 16.5. The first-order chi connectivity index (χ1) is 18.7. The molecule has 0 unspecified atom stereocenters. The van der Waals surface area contributed by atoms with Gasteiger partial charge in [0.05, 0.1) is 23.5 Å². The van der Waals surface area contributed by atoms with E-state index in [0.717, 1.165) is 46.4 Å². The van der Waals surface area contributed by atoms with Crippen LogP contribution in [0, 0.1) is 18.3 Å². The van der Waals surface area contributed by atoms with Crippen molar-refractivity contribution in [1.82, 2.24) is 19.9 Å². The number of anilines is 2. The van der Waals surface area contributed by atoms with Crippen molar-refractivity contribution >= 4 is 28.6 Å². The van der Waals surface area contributed by atoms with E-state index in [1.54, 1.807) is 0 Å². The maximum absolute atomic E-state index is 12.0. The average Bonchev–Trinajstić information content (AvgIpc) is 3.59. The summed E-state index contributed by atoms with van der Waals surface area (Å²) >= 11 is 0. The largest absolute Gasteiger partial charge is 0.457 e. The molecule has 2 aromatic heterocycles. The van der Waals surface area contributed by atoms with Gasteiger partial charge >= 0.3 is 6.09 Å². The number of aryl methyl sites for hydroxylation is 1. The molecule has 39 heavy (non-hydrogen) atoms. The number of nitrogens with one attached hydrogen (secondary N) is 2. The summed E-state index contributed by atoms with van der Waals surface area (Å²) in [6, 6.07) is 18.0. The van der Waals surface area contributed by atoms with E-state index in [0.29, 0.717) is 18.1 Å². The van der Waals surface area contributed by atoms with Crippen LogP contribution >= 0.6 is 0 Å². The van der Waals surface area contributed by atoms with Crippen molar-refractivity contribution in [1.29, 1.82) is 5.26 Å². The van der Waals surface area contributed by atoms with Gasteiger partial charge in [-0.2, -0.15) is 5.26 Å². The van der Waals surface area contributed by atoms with Crippen molar-refractivity contribution in [2.75, 3.05) is 11.9 Å². The van der Waals surface area contributed by atoms with E-state index in [1.165, 1.54) is 6.33 Å². The zero-order valence-corrected chi connectivity index (χ0v) is 22.6. The van der Waals surface area contributed by atoms with Crippen molar-refractivity contribution in [3.63, 3.8) is 0 Å². The van der Waals surface area contributed by atoms with Crippen LogP contribution in [0.3, 0.4) is 0 Å². The number of hydrogen-bond acceptors (Lipinski definition) is 7. The van der Waals surface area contributed by atoms with Crippen molar-refractivity contribution in [3.8, 4) is 17.6 Å². The minimum absolute atomic E-state index is 0.210. The Morgan fingerprint density at radius 3 is 2.69 bits per heavy atom. The predicted molar refractivity (Wildman–Crippen MR) is 149 cm³/mol. The normalized spacial score (nSPS) is 13.9. The summed E-state index contributed by atoms with van der Waals surface area (Å²) in [5.41, 5.74) is 3.70. The molecule has 0 saturated heterocycles. The number of ether oxygens (including phenoxy) is 2. The Bertz CT molecular complexity index is 1560. The van der Waals surface area contributed by atoms with Crippen LogP contribution in [0.15, 0.2) is 61.1 Å². The Balaban J connectivity index is 1.29. The lowest BCUT2D eigenvalue weighted by molar-refractivity contribution is 0.134. The molecule has 1 aliphatic carbocycles. The molecule has 0 aliphatic heterocycles. The van der Waals surface area contributed by atoms with Gasteiger partial charge in [-0.15, -0.1) is 0 Å². The predicted octanol–water partition coefficient (Wildman–Crippen LogP) is 6.36. The summed E-state index contributed by atoms with van der Waals surface area (Å²) in [5, 5.41) is 15.7. The van der Waals surface area contributed by atoms with Crippen LogP contribution in [0.25, 0.3) is 11.0 Å². The lowest BCUT2D eigenvalue weighted by atomic mass is 9.98. The molecule has 2 heterocycles. The van der Waals surface area contributed by atoms with Crippen LogP contribution in [-0.2, 0) is 16.7 Å². The van der Waals surface area contributed by atoms with Crippen LogP contribution in [-0.4, -0.2) is 32.8 Å². The fraction of sp³-hybridized carbons (Fsp3) is 0.333. The van der Waals surface area contributed by atoms with E-state index in [2.05, 4.69) is 26.7 Å². The summed E-state index contributed by atoms with van der Waals surface area (Å²) < 4.78 is 13.5. The molecular weight excluding hydrogens is 492 g/mol. The highest BCUT2D eigenvalue weighted by Crippen LogP contribution is 2.48. The standard InChI is InChI=1S/C30H32N6O3/c1-20-16-22(8-9-25(20)39-23-7-5-6-21(17-23)30(18-31)11-12-30)34-27-26-24(32-19-33-27)10-13-36(26)14-15-38-28(37)35-29(2,3)4/h5-10,13,16-17,19H,11-12,14-15H2,1-4H3,(H,35,37)(H,32,33,34). The van der Waals surface area contributed by atoms with Crippen molar-refractivity contribution in [2.24, 2.45) is 0 Å². The number of carbonyl (C=O) groups excluding carboxylic acids is 1. The first-order valence-electron chi connectivity index (χ1n) is 13.0. The molecule has 1 aliphatic rings. The van der Waals surface area contributed by atoms with E-state index >= 15 is 0 Å². The molecule has 9 nitrogen and oxygen atoms in total. The number of nitriles is 1. The van der Waals surface area contributed by atoms with Crippen LogP contribution in [0.5, 0.6) is 11.5 Å². The third-order valence-corrected chi connectivity index (χ3v) is 6.61. The third kappa shape index (κ3) is 5.96. The zero-order chi connectivity index (χ0) is 27.6. The van der Waals surface area contributed by atoms with Gasteiger partial charge in [0.1, 0.15) is 29.9 Å². The Kier molecular flexibility index (Phi) is 6.87. The van der Waals surface area contributed by atoms with Crippen molar-refractivity contribution in [3.05, 3.63) is 72.2 Å². The minimum atomic E-state index is -0.449. The lowest BCUT2D eigenvalue weighted by Crippen LogP contribution is -2.41. The summed E-state index contributed by atoms with van der Waals surface area (Å²) in [7, 11) is 0. The topological polar surface area (TPSA) is 114 Å². The van der Waals surface area contributed by atoms with Gasteiger partial charge in [-0.25, -0.2) is 14.8 Å². The molecule has 4 aromatic rings. The SMILES string of the molecule is Cc1cc(Nc2ncnc3ccn(CCOC(=O)NC(C)(C)C)c23)ccc1Oc1cccc(C2(C#N)CC2)c1. The van der Waals surface area contributed by atoms with Gasteiger partial charge in [0.25, 0.3) is 0 Å². The molecule has 0 radical (unpaired) electrons. The molecular formula is C30H32N6O3. The van der Waals surface area contributed by atoms with E-state index in [-0.39, 0.29) is 17.6 Å². The van der Waals surface area contributed by atoms with Crippen LogP contribution in [0.1, 0.15) is 44.7 Å². The van der Waals surface area contributed by atoms with Crippen molar-refractivity contribution in [2.45, 2.75) is 58.0 Å². The van der Waals surface area contributed by atoms with Crippen LogP contribution in [0.4, 0.5) is 16.3 Å². The molecule has 200 valence electrons. The number of hydrogen-bond donors (Lipinski definition) is 2. The average molecular weight is 525 g/mol. The van der Waals surface area contributed by atoms with Gasteiger partial charge in [-0.1, -0.05) is 12.1 Å². The Morgan fingerprint density at radius 1 is 1.15 bits per heavy atom. The molecule has 0 spiro atoms. The van der Waals surface area contributed by atoms with E-state index < -0.39 is 6.09 Å². The molecule has 0 bridgehead atoms. The van der Waals surface area contributed by atoms with Crippen LogP contribution < -0.4 is 15.4 Å². The highest BCUT2D eigenvalue weighted by Gasteiger charge is 2.45. The smallest absolute Gasteiger partial charge is 0.407 e. The molecule has 1 fully saturated rings. The minimum Gasteiger partial charge on any atom is -0.457 e. The van der Waals surface area contributed by atoms with E-state index in [1.807, 2.05) is 87.0 Å². The Morgan fingerprint density at radius 2 is 1.97 bits per heavy atom. The zero-order valence-electron chi connectivity index (χ0n) is 22.6. The number of alkyl carbamates (subject to hydrolysis) is 1. The van der Waals surface area contributed by atoms with Crippen molar-refractivity contribution < 1.29 is 14.3 Å². The fourth-order valence-corrected chi connectivity index (χ4v) is 4.44. The molecule has 2 aromatic carbocycles. The second kappa shape index (κ2) is 10.3. The molecule has 1 saturated carbocycles. The molecule has 9 heteroatoms. The number of nitrogens with zero attached hydrogens (tertiary/aromatic N) is 4. The summed E-state index contributed by atoms with van der Waals surface area (Å²) in [4.78, 5) is 20.9. The van der Waals surface area contributed by atoms with Gasteiger partial charge in [0.2, 0.25) is 0 Å². The molecule has 1 amide bonds. The quantitative estimate of drug-likeness (QED) is 0.276. The number of fused-ring (bicyclic) bond motifs is 1. The maximum Gasteiger partial charge on any atom is 0.407 e. The first kappa shape index (κ1) is 26.0. The van der Waals surface area contributed by atoms with Gasteiger partial charge in [-0.3, -0.25) is 0 Å². The Labute approximate surface area is 227 Å². The maximum atomic E-state index is 12.0. The summed E-state index contributed by atoms with van der Waals surface area (Å²) in [5.74, 6) is 2.10. The first-order valence-corrected chi connectivity index (χ1v) is 13.0. The molecule has 2 N–H and O–H groups in total. The Hall–Kier alpha value is -4.58. The number of rotatable bonds is 8. The van der Waals surface area contributed by atoms with Gasteiger partial charge in [0, 0.05) is 17.4 Å². The second-order valence-electron chi connectivity index (χ2n) is 10.9. The lowest BCUT2D eigenvalue weighted by Gasteiger charge is -2.20. The highest BCUT2D eigenvalue weighted by molar-refractivity contribution is 5.88. The number of amides is 1. The monoisotopic (exact) mass is 524 g/mol. The summed E-state index contributed by atoms with van der Waals surface area (Å²) in [6.45, 7) is 8.37. The number of aromatic nitrogens is 3. The summed E-state index contributed by atoms with van der Waals surface area (Å²) in [6.07, 6.45) is 4.77. The fourth-order valence-electron chi connectivity index (χ4n) is 4.44. The second-order valence-corrected chi connectivity index (χ2v) is 10.9.